The van der Waals surface area contributed by atoms with Gasteiger partial charge in [0.15, 0.2) is 0 Å². The molecule has 0 aromatic heterocycles. The summed E-state index contributed by atoms with van der Waals surface area (Å²) in [5, 5.41) is 0. The maximum Gasteiger partial charge on any atom is -0.0234 e. The molecule has 0 amide bonds. The second kappa shape index (κ2) is 6.28. The summed E-state index contributed by atoms with van der Waals surface area (Å²) in [5.41, 5.74) is 1.58. The first-order valence-corrected chi connectivity index (χ1v) is 5.30. The lowest BCUT2D eigenvalue weighted by Gasteiger charge is -2.12. The lowest BCUT2D eigenvalue weighted by molar-refractivity contribution is 0.586. The first-order chi connectivity index (χ1) is 5.61. The van der Waals surface area contributed by atoms with Gasteiger partial charge in [-0.05, 0) is 25.2 Å². The van der Waals surface area contributed by atoms with Crippen LogP contribution >= 0.6 is 0 Å². The molecule has 0 N–H and O–H groups in total. The molecular formula is C12H24. The highest BCUT2D eigenvalue weighted by molar-refractivity contribution is 5.03. The van der Waals surface area contributed by atoms with Gasteiger partial charge in [-0.15, -0.1) is 0 Å². The van der Waals surface area contributed by atoms with Crippen LogP contribution < -0.4 is 0 Å². The summed E-state index contributed by atoms with van der Waals surface area (Å²) in [7, 11) is 0. The van der Waals surface area contributed by atoms with Crippen molar-refractivity contribution in [1.29, 1.82) is 0 Å². The van der Waals surface area contributed by atoms with Crippen molar-refractivity contribution in [2.24, 2.45) is 11.8 Å². The summed E-state index contributed by atoms with van der Waals surface area (Å²) < 4.78 is 0. The molecule has 0 rings (SSSR count). The van der Waals surface area contributed by atoms with Crippen molar-refractivity contribution in [3.8, 4) is 0 Å². The van der Waals surface area contributed by atoms with Gasteiger partial charge >= 0.3 is 0 Å². The number of hydrogen-bond acceptors (Lipinski definition) is 0. The Bertz CT molecular complexity index is 133. The molecule has 0 aliphatic carbocycles. The molecule has 2 unspecified atom stereocenters. The van der Waals surface area contributed by atoms with Gasteiger partial charge in [0.05, 0.1) is 0 Å². The molecule has 0 aliphatic heterocycles. The van der Waals surface area contributed by atoms with Gasteiger partial charge in [-0.2, -0.15) is 0 Å². The first-order valence-electron chi connectivity index (χ1n) is 5.30. The van der Waals surface area contributed by atoms with Crippen LogP contribution in [0.25, 0.3) is 0 Å². The van der Waals surface area contributed by atoms with E-state index in [1.807, 2.05) is 0 Å². The topological polar surface area (TPSA) is 0 Å². The fraction of sp³-hybridized carbons (Fsp3) is 0.833. The maximum atomic E-state index is 2.43. The summed E-state index contributed by atoms with van der Waals surface area (Å²) in [6.07, 6.45) is 6.32. The van der Waals surface area contributed by atoms with Crippen molar-refractivity contribution in [3.05, 3.63) is 11.6 Å². The van der Waals surface area contributed by atoms with Crippen LogP contribution in [0, 0.1) is 11.8 Å². The van der Waals surface area contributed by atoms with Crippen molar-refractivity contribution >= 4 is 0 Å². The van der Waals surface area contributed by atoms with E-state index in [2.05, 4.69) is 40.7 Å². The van der Waals surface area contributed by atoms with Gasteiger partial charge in [0.25, 0.3) is 0 Å². The molecule has 0 saturated heterocycles. The van der Waals surface area contributed by atoms with Crippen molar-refractivity contribution in [2.75, 3.05) is 0 Å². The van der Waals surface area contributed by atoms with Crippen LogP contribution in [-0.2, 0) is 0 Å². The Kier molecular flexibility index (Phi) is 6.14. The lowest BCUT2D eigenvalue weighted by Crippen LogP contribution is -1.98. The zero-order valence-electron chi connectivity index (χ0n) is 9.35. The molecule has 72 valence electrons. The first kappa shape index (κ1) is 11.7. The zero-order chi connectivity index (χ0) is 9.56. The molecule has 0 radical (unpaired) electrons. The highest BCUT2D eigenvalue weighted by atomic mass is 14.1. The Balaban J connectivity index is 3.97. The van der Waals surface area contributed by atoms with Crippen LogP contribution in [-0.4, -0.2) is 0 Å². The minimum atomic E-state index is 0.754. The highest BCUT2D eigenvalue weighted by Gasteiger charge is 2.03. The normalized spacial score (nSPS) is 17.6. The monoisotopic (exact) mass is 168 g/mol. The van der Waals surface area contributed by atoms with Gasteiger partial charge in [0.2, 0.25) is 0 Å². The fourth-order valence-corrected chi connectivity index (χ4v) is 1.39. The third-order valence-corrected chi connectivity index (χ3v) is 2.69. The standard InChI is InChI=1S/C12H24/c1-6-8-11(4)12(5)9-10(3)7-2/h9-11H,6-8H2,1-5H3. The van der Waals surface area contributed by atoms with E-state index in [4.69, 9.17) is 0 Å². The molecule has 12 heavy (non-hydrogen) atoms. The van der Waals surface area contributed by atoms with Crippen LogP contribution in [0.1, 0.15) is 53.9 Å². The Morgan fingerprint density at radius 1 is 1.25 bits per heavy atom. The minimum absolute atomic E-state index is 0.754. The Hall–Kier alpha value is -0.260. The Morgan fingerprint density at radius 3 is 2.25 bits per heavy atom. The molecule has 0 heteroatoms. The molecule has 0 fully saturated rings. The van der Waals surface area contributed by atoms with Gasteiger partial charge in [0, 0.05) is 0 Å². The van der Waals surface area contributed by atoms with Crippen LogP contribution in [0.2, 0.25) is 0 Å². The van der Waals surface area contributed by atoms with Gasteiger partial charge < -0.3 is 0 Å². The lowest BCUT2D eigenvalue weighted by atomic mass is 9.94. The second-order valence-electron chi connectivity index (χ2n) is 3.99. The van der Waals surface area contributed by atoms with E-state index in [0.717, 1.165) is 11.8 Å². The summed E-state index contributed by atoms with van der Waals surface area (Å²) in [4.78, 5) is 0. The van der Waals surface area contributed by atoms with E-state index < -0.39 is 0 Å². The fourth-order valence-electron chi connectivity index (χ4n) is 1.39. The zero-order valence-corrected chi connectivity index (χ0v) is 9.35. The van der Waals surface area contributed by atoms with E-state index >= 15 is 0 Å². The summed E-state index contributed by atoms with van der Waals surface area (Å²) in [6.45, 7) is 11.4. The predicted molar refractivity (Wildman–Crippen MR) is 57.3 cm³/mol. The van der Waals surface area contributed by atoms with Crippen LogP contribution in [0.15, 0.2) is 11.6 Å². The third kappa shape index (κ3) is 4.58. The SMILES string of the molecule is CCCC(C)C(C)=CC(C)CC. The molecule has 0 aliphatic rings. The molecular weight excluding hydrogens is 144 g/mol. The molecule has 0 aromatic rings. The summed E-state index contributed by atoms with van der Waals surface area (Å²) >= 11 is 0. The van der Waals surface area contributed by atoms with Gasteiger partial charge in [-0.25, -0.2) is 0 Å². The average molecular weight is 168 g/mol. The number of hydrogen-bond donors (Lipinski definition) is 0. The van der Waals surface area contributed by atoms with Crippen molar-refractivity contribution in [2.45, 2.75) is 53.9 Å². The Labute approximate surface area is 78.1 Å². The van der Waals surface area contributed by atoms with Crippen molar-refractivity contribution < 1.29 is 0 Å². The molecule has 0 saturated carbocycles. The van der Waals surface area contributed by atoms with E-state index in [1.165, 1.54) is 19.3 Å². The van der Waals surface area contributed by atoms with Crippen molar-refractivity contribution in [1.82, 2.24) is 0 Å². The van der Waals surface area contributed by atoms with Crippen LogP contribution in [0.4, 0.5) is 0 Å². The quantitative estimate of drug-likeness (QED) is 0.533. The van der Waals surface area contributed by atoms with Gasteiger partial charge in [-0.3, -0.25) is 0 Å². The maximum absolute atomic E-state index is 2.43. The number of rotatable bonds is 5. The van der Waals surface area contributed by atoms with Crippen LogP contribution in [0.5, 0.6) is 0 Å². The number of allylic oxidation sites excluding steroid dienone is 2. The summed E-state index contributed by atoms with van der Waals surface area (Å²) in [5.74, 6) is 1.54. The molecule has 0 aromatic carbocycles. The van der Waals surface area contributed by atoms with E-state index in [0.29, 0.717) is 0 Å². The summed E-state index contributed by atoms with van der Waals surface area (Å²) in [6, 6.07) is 0. The Morgan fingerprint density at radius 2 is 1.83 bits per heavy atom. The van der Waals surface area contributed by atoms with Crippen LogP contribution in [0.3, 0.4) is 0 Å². The molecule has 0 heterocycles. The van der Waals surface area contributed by atoms with E-state index in [-0.39, 0.29) is 0 Å². The van der Waals surface area contributed by atoms with Gasteiger partial charge in [-0.1, -0.05) is 52.2 Å². The molecule has 2 atom stereocenters. The highest BCUT2D eigenvalue weighted by Crippen LogP contribution is 2.18. The molecule has 0 nitrogen and oxygen atoms in total. The third-order valence-electron chi connectivity index (χ3n) is 2.69. The largest absolute Gasteiger partial charge is 0.0825 e. The van der Waals surface area contributed by atoms with Crippen molar-refractivity contribution in [3.63, 3.8) is 0 Å². The minimum Gasteiger partial charge on any atom is -0.0825 e. The molecule has 0 spiro atoms. The van der Waals surface area contributed by atoms with Gasteiger partial charge in [0.1, 0.15) is 0 Å². The molecule has 0 bridgehead atoms. The predicted octanol–water partition coefficient (Wildman–Crippen LogP) is 4.42. The van der Waals surface area contributed by atoms with E-state index in [9.17, 15) is 0 Å². The average Bonchev–Trinajstić information content (AvgIpc) is 2.04. The van der Waals surface area contributed by atoms with E-state index in [1.54, 1.807) is 5.57 Å². The smallest absolute Gasteiger partial charge is 0.0234 e. The second-order valence-corrected chi connectivity index (χ2v) is 3.99.